The van der Waals surface area contributed by atoms with Gasteiger partial charge in [-0.3, -0.25) is 24.1 Å². The third-order valence-electron chi connectivity index (χ3n) is 4.39. The molecule has 2 heterocycles. The van der Waals surface area contributed by atoms with Crippen LogP contribution in [-0.4, -0.2) is 26.9 Å². The van der Waals surface area contributed by atoms with Crippen molar-refractivity contribution in [2.45, 2.75) is 13.3 Å². The van der Waals surface area contributed by atoms with Crippen LogP contribution in [0.5, 0.6) is 0 Å². The molecule has 4 rings (SSSR count). The van der Waals surface area contributed by atoms with Crippen molar-refractivity contribution in [2.24, 2.45) is 0 Å². The molecule has 0 aliphatic carbocycles. The van der Waals surface area contributed by atoms with E-state index < -0.39 is 10.5 Å². The number of fused-ring (bicyclic) bond motifs is 3. The average Bonchev–Trinajstić information content (AvgIpc) is 3.04. The number of benzene rings is 2. The lowest BCUT2D eigenvalue weighted by Crippen LogP contribution is -2.08. The summed E-state index contributed by atoms with van der Waals surface area (Å²) in [4.78, 5) is 38.9. The van der Waals surface area contributed by atoms with E-state index in [9.17, 15) is 19.7 Å². The van der Waals surface area contributed by atoms with Crippen LogP contribution >= 0.6 is 11.3 Å². The third-order valence-corrected chi connectivity index (χ3v) is 5.40. The molecule has 0 radical (unpaired) electrons. The van der Waals surface area contributed by atoms with Gasteiger partial charge in [0.2, 0.25) is 0 Å². The zero-order valence-corrected chi connectivity index (χ0v) is 16.1. The van der Waals surface area contributed by atoms with Gasteiger partial charge >= 0.3 is 5.97 Å². The number of nitro benzene ring substituents is 1. The zero-order valence-electron chi connectivity index (χ0n) is 15.3. The van der Waals surface area contributed by atoms with E-state index in [0.29, 0.717) is 22.8 Å². The number of ether oxygens (including phenoxy) is 1. The molecule has 2 aromatic carbocycles. The van der Waals surface area contributed by atoms with Gasteiger partial charge in [0, 0.05) is 18.2 Å². The van der Waals surface area contributed by atoms with Crippen LogP contribution in [0.25, 0.3) is 26.4 Å². The number of hydrogen-bond donors (Lipinski definition) is 0. The van der Waals surface area contributed by atoms with Gasteiger partial charge in [0.15, 0.2) is 4.96 Å². The van der Waals surface area contributed by atoms with Gasteiger partial charge in [-0.15, -0.1) is 0 Å². The number of non-ortho nitro benzene ring substituents is 1. The molecule has 0 bridgehead atoms. The lowest BCUT2D eigenvalue weighted by Gasteiger charge is -2.07. The fourth-order valence-corrected chi connectivity index (χ4v) is 4.24. The number of esters is 1. The highest BCUT2D eigenvalue weighted by Gasteiger charge is 2.14. The second-order valence-corrected chi connectivity index (χ2v) is 7.30. The Labute approximate surface area is 168 Å². The standard InChI is InChI=1S/C20H15N3O5S/c1-2-28-19(25)10-12-3-8-15-17(9-12)29-20-21-18(24)11-16(22(15)20)13-4-6-14(7-5-13)23(26)27/h3-9,11H,2,10H2,1H3. The summed E-state index contributed by atoms with van der Waals surface area (Å²) in [7, 11) is 0. The van der Waals surface area contributed by atoms with E-state index in [-0.39, 0.29) is 18.1 Å². The van der Waals surface area contributed by atoms with Crippen molar-refractivity contribution < 1.29 is 14.5 Å². The normalized spacial score (nSPS) is 11.1. The Balaban J connectivity index is 1.86. The number of nitro groups is 1. The van der Waals surface area contributed by atoms with Crippen molar-refractivity contribution in [1.29, 1.82) is 0 Å². The summed E-state index contributed by atoms with van der Waals surface area (Å²) >= 11 is 1.34. The number of rotatable bonds is 5. The van der Waals surface area contributed by atoms with E-state index in [1.165, 1.54) is 29.5 Å². The maximum absolute atomic E-state index is 12.1. The van der Waals surface area contributed by atoms with E-state index in [2.05, 4.69) is 4.98 Å². The summed E-state index contributed by atoms with van der Waals surface area (Å²) in [5, 5.41) is 10.9. The molecule has 0 N–H and O–H groups in total. The maximum Gasteiger partial charge on any atom is 0.310 e. The van der Waals surface area contributed by atoms with Crippen molar-refractivity contribution in [1.82, 2.24) is 9.38 Å². The van der Waals surface area contributed by atoms with Crippen LogP contribution in [0.4, 0.5) is 5.69 Å². The van der Waals surface area contributed by atoms with Crippen molar-refractivity contribution >= 4 is 38.2 Å². The SMILES string of the molecule is CCOC(=O)Cc1ccc2c(c1)sc1nc(=O)cc(-c3ccc([N+](=O)[O-])cc3)n12. The van der Waals surface area contributed by atoms with Crippen LogP contribution in [0.15, 0.2) is 53.3 Å². The third kappa shape index (κ3) is 3.59. The predicted octanol–water partition coefficient (Wildman–Crippen LogP) is 3.59. The van der Waals surface area contributed by atoms with E-state index in [1.54, 1.807) is 19.1 Å². The average molecular weight is 409 g/mol. The van der Waals surface area contributed by atoms with Crippen molar-refractivity contribution in [3.8, 4) is 11.3 Å². The molecule has 0 amide bonds. The summed E-state index contributed by atoms with van der Waals surface area (Å²) in [5.74, 6) is -0.299. The highest BCUT2D eigenvalue weighted by molar-refractivity contribution is 7.23. The molecule has 0 fully saturated rings. The Hall–Kier alpha value is -3.59. The van der Waals surface area contributed by atoms with Crippen LogP contribution in [0.1, 0.15) is 12.5 Å². The van der Waals surface area contributed by atoms with Gasteiger partial charge in [-0.25, -0.2) is 0 Å². The largest absolute Gasteiger partial charge is 0.466 e. The van der Waals surface area contributed by atoms with Gasteiger partial charge in [-0.1, -0.05) is 17.4 Å². The number of carbonyl (C=O) groups is 1. The first-order valence-electron chi connectivity index (χ1n) is 8.82. The predicted molar refractivity (Wildman–Crippen MR) is 109 cm³/mol. The monoisotopic (exact) mass is 409 g/mol. The van der Waals surface area contributed by atoms with Crippen LogP contribution < -0.4 is 5.56 Å². The van der Waals surface area contributed by atoms with Gasteiger partial charge in [-0.05, 0) is 42.3 Å². The number of aromatic nitrogens is 2. The minimum atomic E-state index is -0.469. The first-order chi connectivity index (χ1) is 14.0. The Kier molecular flexibility index (Phi) is 4.81. The van der Waals surface area contributed by atoms with Crippen molar-refractivity contribution in [2.75, 3.05) is 6.61 Å². The van der Waals surface area contributed by atoms with Crippen molar-refractivity contribution in [3.05, 3.63) is 74.6 Å². The minimum Gasteiger partial charge on any atom is -0.466 e. The molecule has 0 aliphatic heterocycles. The summed E-state index contributed by atoms with van der Waals surface area (Å²) in [6.45, 7) is 2.09. The molecule has 0 saturated carbocycles. The summed E-state index contributed by atoms with van der Waals surface area (Å²) in [6, 6.07) is 13.0. The second kappa shape index (κ2) is 7.44. The molecule has 9 heteroatoms. The quantitative estimate of drug-likeness (QED) is 0.283. The van der Waals surface area contributed by atoms with Gasteiger partial charge in [0.25, 0.3) is 11.2 Å². The number of nitrogens with zero attached hydrogens (tertiary/aromatic N) is 3. The molecule has 0 aliphatic rings. The first-order valence-corrected chi connectivity index (χ1v) is 9.63. The minimum absolute atomic E-state index is 0.0230. The van der Waals surface area contributed by atoms with E-state index >= 15 is 0 Å². The number of carbonyl (C=O) groups excluding carboxylic acids is 1. The lowest BCUT2D eigenvalue weighted by molar-refractivity contribution is -0.384. The Bertz CT molecular complexity index is 1310. The van der Waals surface area contributed by atoms with Crippen molar-refractivity contribution in [3.63, 3.8) is 0 Å². The van der Waals surface area contributed by atoms with Crippen LogP contribution in [0.3, 0.4) is 0 Å². The summed E-state index contributed by atoms with van der Waals surface area (Å²) in [5.41, 5.74) is 2.49. The van der Waals surface area contributed by atoms with E-state index in [0.717, 1.165) is 15.8 Å². The van der Waals surface area contributed by atoms with Gasteiger partial charge in [-0.2, -0.15) is 4.98 Å². The molecular formula is C20H15N3O5S. The summed E-state index contributed by atoms with van der Waals surface area (Å²) in [6.07, 6.45) is 0.165. The van der Waals surface area contributed by atoms with Crippen LogP contribution in [0, 0.1) is 10.1 Å². The molecule has 0 unspecified atom stereocenters. The van der Waals surface area contributed by atoms with Gasteiger partial charge in [0.05, 0.1) is 33.9 Å². The molecule has 0 saturated heterocycles. The van der Waals surface area contributed by atoms with Crippen LogP contribution in [-0.2, 0) is 16.0 Å². The van der Waals surface area contributed by atoms with Gasteiger partial charge in [0.1, 0.15) is 0 Å². The van der Waals surface area contributed by atoms with Crippen LogP contribution in [0.2, 0.25) is 0 Å². The highest BCUT2D eigenvalue weighted by Crippen LogP contribution is 2.31. The highest BCUT2D eigenvalue weighted by atomic mass is 32.1. The Morgan fingerprint density at radius 2 is 1.97 bits per heavy atom. The fourth-order valence-electron chi connectivity index (χ4n) is 3.14. The second-order valence-electron chi connectivity index (χ2n) is 6.29. The Morgan fingerprint density at radius 1 is 1.21 bits per heavy atom. The summed E-state index contributed by atoms with van der Waals surface area (Å²) < 4.78 is 7.71. The number of thiazole rings is 1. The van der Waals surface area contributed by atoms with E-state index in [1.807, 2.05) is 22.6 Å². The smallest absolute Gasteiger partial charge is 0.310 e. The molecule has 2 aromatic heterocycles. The molecule has 0 spiro atoms. The molecule has 8 nitrogen and oxygen atoms in total. The number of hydrogen-bond acceptors (Lipinski definition) is 7. The maximum atomic E-state index is 12.1. The first kappa shape index (κ1) is 18.8. The molecule has 29 heavy (non-hydrogen) atoms. The Morgan fingerprint density at radius 3 is 2.66 bits per heavy atom. The molecule has 4 aromatic rings. The molecule has 0 atom stereocenters. The molecular weight excluding hydrogens is 394 g/mol. The van der Waals surface area contributed by atoms with E-state index in [4.69, 9.17) is 4.74 Å². The molecule has 146 valence electrons. The topological polar surface area (TPSA) is 104 Å². The van der Waals surface area contributed by atoms with Gasteiger partial charge < -0.3 is 4.74 Å². The fraction of sp³-hybridized carbons (Fsp3) is 0.150. The zero-order chi connectivity index (χ0) is 20.5. The lowest BCUT2D eigenvalue weighted by atomic mass is 10.1.